The second-order valence-corrected chi connectivity index (χ2v) is 18.5. The molecule has 2 unspecified atom stereocenters. The van der Waals surface area contributed by atoms with Crippen molar-refractivity contribution in [2.24, 2.45) is 0 Å². The summed E-state index contributed by atoms with van der Waals surface area (Å²) in [4.78, 5) is 24.5. The monoisotopic (exact) mass is 896 g/mol. The first-order chi connectivity index (χ1) is 31.5. The van der Waals surface area contributed by atoms with Crippen molar-refractivity contribution in [1.29, 1.82) is 0 Å². The molecule has 0 saturated heterocycles. The summed E-state index contributed by atoms with van der Waals surface area (Å²) >= 11 is 0. The Balaban J connectivity index is 3.52. The Morgan fingerprint density at radius 2 is 0.781 bits per heavy atom. The molecule has 0 aromatic heterocycles. The summed E-state index contributed by atoms with van der Waals surface area (Å²) in [6.45, 7) is 4.82. The minimum Gasteiger partial charge on any atom is -0.466 e. The Labute approximate surface area is 397 Å². The van der Waals surface area contributed by atoms with E-state index in [1.807, 2.05) is 6.08 Å². The third kappa shape index (κ3) is 49.0. The van der Waals surface area contributed by atoms with Gasteiger partial charge in [-0.2, -0.15) is 0 Å². The van der Waals surface area contributed by atoms with E-state index in [2.05, 4.69) is 67.8 Å². The van der Waals surface area contributed by atoms with Gasteiger partial charge in [0.1, 0.15) is 0 Å². The molecule has 0 aromatic rings. The van der Waals surface area contributed by atoms with Crippen LogP contribution >= 0.6 is 0 Å². The van der Waals surface area contributed by atoms with E-state index in [9.17, 15) is 19.8 Å². The number of hydrogen-bond donors (Lipinski definition) is 3. The third-order valence-electron chi connectivity index (χ3n) is 12.3. The molecule has 64 heavy (non-hydrogen) atoms. The maximum Gasteiger partial charge on any atom is 0.305 e. The number of amides is 1. The van der Waals surface area contributed by atoms with Crippen molar-refractivity contribution < 1.29 is 24.5 Å². The molecule has 0 rings (SSSR count). The van der Waals surface area contributed by atoms with Crippen LogP contribution in [-0.4, -0.2) is 47.4 Å². The molecule has 0 fully saturated rings. The van der Waals surface area contributed by atoms with Gasteiger partial charge in [0.05, 0.1) is 25.4 Å². The summed E-state index contributed by atoms with van der Waals surface area (Å²) in [6.07, 6.45) is 68.0. The second kappa shape index (κ2) is 53.2. The molecule has 1 amide bonds. The predicted molar refractivity (Wildman–Crippen MR) is 278 cm³/mol. The summed E-state index contributed by atoms with van der Waals surface area (Å²) in [7, 11) is 0. The molecule has 0 bridgehead atoms. The number of rotatable bonds is 50. The smallest absolute Gasteiger partial charge is 0.305 e. The summed E-state index contributed by atoms with van der Waals surface area (Å²) in [5.74, 6) is -0.112. The number of unbranched alkanes of at least 4 members (excludes halogenated alkanes) is 31. The average Bonchev–Trinajstić information content (AvgIpc) is 3.29. The zero-order chi connectivity index (χ0) is 46.5. The highest BCUT2D eigenvalue weighted by Gasteiger charge is 2.18. The first-order valence-electron chi connectivity index (χ1n) is 27.6. The third-order valence-corrected chi connectivity index (χ3v) is 12.3. The van der Waals surface area contributed by atoms with Crippen LogP contribution < -0.4 is 5.32 Å². The van der Waals surface area contributed by atoms with Gasteiger partial charge in [0, 0.05) is 12.8 Å². The average molecular weight is 896 g/mol. The lowest BCUT2D eigenvalue weighted by Crippen LogP contribution is -2.45. The summed E-state index contributed by atoms with van der Waals surface area (Å²) < 4.78 is 5.45. The quantitative estimate of drug-likeness (QED) is 0.0321. The van der Waals surface area contributed by atoms with Crippen molar-refractivity contribution in [3.63, 3.8) is 0 Å². The molecule has 0 aliphatic heterocycles. The van der Waals surface area contributed by atoms with E-state index in [4.69, 9.17) is 4.74 Å². The van der Waals surface area contributed by atoms with Gasteiger partial charge in [-0.15, -0.1) is 0 Å². The number of nitrogens with one attached hydrogen (secondary N) is 1. The number of aliphatic hydroxyl groups excluding tert-OH is 2. The largest absolute Gasteiger partial charge is 0.466 e. The van der Waals surface area contributed by atoms with Crippen LogP contribution in [0.15, 0.2) is 60.8 Å². The van der Waals surface area contributed by atoms with Gasteiger partial charge in [0.15, 0.2) is 0 Å². The molecule has 0 aliphatic carbocycles. The maximum atomic E-state index is 12.4. The Bertz CT molecular complexity index is 1130. The summed E-state index contributed by atoms with van der Waals surface area (Å²) in [5, 5.41) is 23.0. The van der Waals surface area contributed by atoms with E-state index >= 15 is 0 Å². The normalized spacial score (nSPS) is 13.1. The SMILES string of the molecule is CCCCCC/C=C\C/C=C\CCCCCCCCCC(=O)OCCCCC/C=C\C/C=C\CCCCCCCCCC(=O)NC(CO)C(O)/C=C/CCCCCCCCCCCC. The van der Waals surface area contributed by atoms with Gasteiger partial charge in [-0.1, -0.05) is 216 Å². The number of aliphatic hydroxyl groups is 2. The van der Waals surface area contributed by atoms with Crippen LogP contribution in [0.2, 0.25) is 0 Å². The van der Waals surface area contributed by atoms with Crippen molar-refractivity contribution >= 4 is 11.9 Å². The van der Waals surface area contributed by atoms with E-state index in [1.54, 1.807) is 6.08 Å². The number of ether oxygens (including phenoxy) is 1. The van der Waals surface area contributed by atoms with Crippen molar-refractivity contribution in [3.05, 3.63) is 60.8 Å². The fraction of sp³-hybridized carbons (Fsp3) is 0.793. The molecule has 0 aromatic carbocycles. The first kappa shape index (κ1) is 61.6. The molecule has 0 heterocycles. The molecule has 6 nitrogen and oxygen atoms in total. The number of allylic oxidation sites excluding steroid dienone is 9. The Morgan fingerprint density at radius 3 is 1.20 bits per heavy atom. The Kier molecular flexibility index (Phi) is 51.2. The van der Waals surface area contributed by atoms with Crippen molar-refractivity contribution in [1.82, 2.24) is 5.32 Å². The lowest BCUT2D eigenvalue weighted by Gasteiger charge is -2.20. The van der Waals surface area contributed by atoms with Crippen LogP contribution in [0.4, 0.5) is 0 Å². The van der Waals surface area contributed by atoms with Crippen LogP contribution in [0.25, 0.3) is 0 Å². The van der Waals surface area contributed by atoms with Gasteiger partial charge in [0.2, 0.25) is 5.91 Å². The zero-order valence-corrected chi connectivity index (χ0v) is 42.2. The summed E-state index contributed by atoms with van der Waals surface area (Å²) in [6, 6.07) is -0.640. The molecule has 3 N–H and O–H groups in total. The lowest BCUT2D eigenvalue weighted by molar-refractivity contribution is -0.143. The molecule has 372 valence electrons. The van der Waals surface area contributed by atoms with Gasteiger partial charge in [-0.25, -0.2) is 0 Å². The maximum absolute atomic E-state index is 12.4. The van der Waals surface area contributed by atoms with Crippen LogP contribution in [0.3, 0.4) is 0 Å². The topological polar surface area (TPSA) is 95.9 Å². The minimum absolute atomic E-state index is 0.0248. The molecule has 2 atom stereocenters. The minimum atomic E-state index is -0.855. The molecular formula is C58H105NO5. The van der Waals surface area contributed by atoms with Gasteiger partial charge >= 0.3 is 5.97 Å². The number of esters is 1. The summed E-state index contributed by atoms with van der Waals surface area (Å²) in [5.41, 5.74) is 0. The fourth-order valence-electron chi connectivity index (χ4n) is 7.99. The number of carbonyl (C=O) groups is 2. The first-order valence-corrected chi connectivity index (χ1v) is 27.6. The molecule has 0 aliphatic rings. The number of hydrogen-bond acceptors (Lipinski definition) is 5. The van der Waals surface area contributed by atoms with Crippen molar-refractivity contribution in [2.45, 2.75) is 283 Å². The van der Waals surface area contributed by atoms with E-state index < -0.39 is 12.1 Å². The van der Waals surface area contributed by atoms with E-state index in [1.165, 1.54) is 154 Å². The second-order valence-electron chi connectivity index (χ2n) is 18.5. The lowest BCUT2D eigenvalue weighted by atomic mass is 10.1. The van der Waals surface area contributed by atoms with E-state index in [0.717, 1.165) is 89.9 Å². The van der Waals surface area contributed by atoms with E-state index in [-0.39, 0.29) is 18.5 Å². The van der Waals surface area contributed by atoms with E-state index in [0.29, 0.717) is 19.4 Å². The standard InChI is InChI=1S/C58H105NO5/c1-3-5-7-9-11-13-15-17-18-19-22-25-28-32-36-40-44-48-52-58(63)64-53-49-45-41-37-33-29-26-23-20-21-24-27-31-35-39-43-47-51-57(62)59-55(54-60)56(61)50-46-42-38-34-30-16-14-12-10-8-6-4-2/h13,15,18-20,23,29,33,46,50,55-56,60-61H,3-12,14,16-17,21-22,24-28,30-32,34-45,47-49,51-54H2,1-2H3,(H,59,62)/b15-13-,19-18-,23-20-,33-29-,50-46+. The highest BCUT2D eigenvalue weighted by atomic mass is 16.5. The van der Waals surface area contributed by atoms with Crippen LogP contribution in [0, 0.1) is 0 Å². The van der Waals surface area contributed by atoms with Crippen molar-refractivity contribution in [2.75, 3.05) is 13.2 Å². The predicted octanol–water partition coefficient (Wildman–Crippen LogP) is 16.8. The highest BCUT2D eigenvalue weighted by molar-refractivity contribution is 5.76. The van der Waals surface area contributed by atoms with Crippen LogP contribution in [0.1, 0.15) is 271 Å². The van der Waals surface area contributed by atoms with Crippen LogP contribution in [0.5, 0.6) is 0 Å². The highest BCUT2D eigenvalue weighted by Crippen LogP contribution is 2.14. The van der Waals surface area contributed by atoms with Gasteiger partial charge < -0.3 is 20.3 Å². The zero-order valence-electron chi connectivity index (χ0n) is 42.2. The Hall–Kier alpha value is -2.44. The van der Waals surface area contributed by atoms with Gasteiger partial charge in [-0.05, 0) is 103 Å². The van der Waals surface area contributed by atoms with Gasteiger partial charge in [0.25, 0.3) is 0 Å². The number of carbonyl (C=O) groups excluding carboxylic acids is 2. The molecule has 0 saturated carbocycles. The molecule has 6 heteroatoms. The molecule has 0 spiro atoms. The molecule has 0 radical (unpaired) electrons. The van der Waals surface area contributed by atoms with Crippen LogP contribution in [-0.2, 0) is 14.3 Å². The Morgan fingerprint density at radius 1 is 0.438 bits per heavy atom. The van der Waals surface area contributed by atoms with Crippen molar-refractivity contribution in [3.8, 4) is 0 Å². The molecular weight excluding hydrogens is 791 g/mol. The fourth-order valence-corrected chi connectivity index (χ4v) is 7.99. The van der Waals surface area contributed by atoms with Gasteiger partial charge in [-0.3, -0.25) is 9.59 Å².